The summed E-state index contributed by atoms with van der Waals surface area (Å²) in [6, 6.07) is 1.87. The van der Waals surface area contributed by atoms with Gasteiger partial charge in [-0.05, 0) is 35.6 Å². The Hall–Kier alpha value is -1.11. The maximum Gasteiger partial charge on any atom is 0.355 e. The molecule has 0 bridgehead atoms. The van der Waals surface area contributed by atoms with Gasteiger partial charge in [-0.25, -0.2) is 4.79 Å². The molecule has 0 fully saturated rings. The fourth-order valence-corrected chi connectivity index (χ4v) is 2.18. The maximum absolute atomic E-state index is 11.6. The summed E-state index contributed by atoms with van der Waals surface area (Å²) >= 11 is 2.13. The summed E-state index contributed by atoms with van der Waals surface area (Å²) in [5.74, 6) is -0.321. The van der Waals surface area contributed by atoms with Crippen molar-refractivity contribution in [2.24, 2.45) is 0 Å². The van der Waals surface area contributed by atoms with Crippen LogP contribution in [0.25, 0.3) is 10.9 Å². The van der Waals surface area contributed by atoms with Gasteiger partial charge in [0, 0.05) is 11.6 Å². The first kappa shape index (κ1) is 10.4. The number of esters is 1. The number of ether oxygens (including phenoxy) is 1. The number of nitrogens with one attached hydrogen (secondary N) is 1. The van der Waals surface area contributed by atoms with Gasteiger partial charge in [-0.3, -0.25) is 4.98 Å². The molecule has 0 aromatic carbocycles. The van der Waals surface area contributed by atoms with Crippen LogP contribution in [0.2, 0.25) is 0 Å². The van der Waals surface area contributed by atoms with Crippen LogP contribution in [0.4, 0.5) is 0 Å². The van der Waals surface area contributed by atoms with E-state index in [-0.39, 0.29) is 5.97 Å². The van der Waals surface area contributed by atoms with E-state index in [2.05, 4.69) is 32.6 Å². The van der Waals surface area contributed by atoms with E-state index in [1.54, 1.807) is 19.3 Å². The number of hydrogen-bond donors (Lipinski definition) is 1. The van der Waals surface area contributed by atoms with Crippen molar-refractivity contribution in [1.29, 1.82) is 0 Å². The molecule has 0 saturated heterocycles. The Kier molecular flexibility index (Phi) is 2.90. The summed E-state index contributed by atoms with van der Waals surface area (Å²) in [5.41, 5.74) is 1.35. The first-order chi connectivity index (χ1) is 7.24. The van der Waals surface area contributed by atoms with Gasteiger partial charge in [0.25, 0.3) is 0 Å². The van der Waals surface area contributed by atoms with Crippen LogP contribution in [0.3, 0.4) is 0 Å². The quantitative estimate of drug-likeness (QED) is 0.683. The zero-order valence-corrected chi connectivity index (χ0v) is 10.2. The van der Waals surface area contributed by atoms with Crippen LogP contribution in [0, 0.1) is 3.57 Å². The van der Waals surface area contributed by atoms with Crippen molar-refractivity contribution in [2.45, 2.75) is 6.92 Å². The maximum atomic E-state index is 11.6. The van der Waals surface area contributed by atoms with Gasteiger partial charge in [0.2, 0.25) is 0 Å². The van der Waals surface area contributed by atoms with Gasteiger partial charge in [-0.2, -0.15) is 0 Å². The molecule has 2 aromatic heterocycles. The molecule has 4 nitrogen and oxygen atoms in total. The molecule has 2 rings (SSSR count). The van der Waals surface area contributed by atoms with Crippen LogP contribution in [-0.2, 0) is 4.74 Å². The Morgan fingerprint density at radius 3 is 3.13 bits per heavy atom. The molecule has 0 saturated carbocycles. The first-order valence-corrected chi connectivity index (χ1v) is 5.60. The smallest absolute Gasteiger partial charge is 0.355 e. The number of aromatic amines is 1. The molecule has 0 aliphatic rings. The highest BCUT2D eigenvalue weighted by Gasteiger charge is 2.16. The van der Waals surface area contributed by atoms with Crippen LogP contribution in [0.15, 0.2) is 18.5 Å². The second-order valence-electron chi connectivity index (χ2n) is 2.96. The number of pyridine rings is 1. The summed E-state index contributed by atoms with van der Waals surface area (Å²) in [6.07, 6.45) is 3.40. The normalized spacial score (nSPS) is 10.5. The van der Waals surface area contributed by atoms with E-state index in [4.69, 9.17) is 4.74 Å². The van der Waals surface area contributed by atoms with Crippen LogP contribution in [0.5, 0.6) is 0 Å². The molecule has 1 N–H and O–H groups in total. The first-order valence-electron chi connectivity index (χ1n) is 4.52. The van der Waals surface area contributed by atoms with Crippen molar-refractivity contribution in [1.82, 2.24) is 9.97 Å². The number of hydrogen-bond acceptors (Lipinski definition) is 3. The highest BCUT2D eigenvalue weighted by molar-refractivity contribution is 14.1. The Morgan fingerprint density at radius 1 is 1.67 bits per heavy atom. The number of aromatic nitrogens is 2. The van der Waals surface area contributed by atoms with Gasteiger partial charge in [-0.15, -0.1) is 0 Å². The highest BCUT2D eigenvalue weighted by Crippen LogP contribution is 2.23. The lowest BCUT2D eigenvalue weighted by atomic mass is 10.3. The van der Waals surface area contributed by atoms with Gasteiger partial charge >= 0.3 is 5.97 Å². The van der Waals surface area contributed by atoms with E-state index in [1.165, 1.54) is 0 Å². The number of carbonyl (C=O) groups excluding carboxylic acids is 1. The summed E-state index contributed by atoms with van der Waals surface area (Å²) in [4.78, 5) is 18.5. The number of H-pyrrole nitrogens is 1. The third kappa shape index (κ3) is 1.83. The Bertz CT molecular complexity index is 507. The van der Waals surface area contributed by atoms with Gasteiger partial charge in [0.15, 0.2) is 0 Å². The van der Waals surface area contributed by atoms with Crippen LogP contribution in [-0.4, -0.2) is 22.5 Å². The van der Waals surface area contributed by atoms with Crippen LogP contribution < -0.4 is 0 Å². The van der Waals surface area contributed by atoms with Crippen molar-refractivity contribution >= 4 is 39.5 Å². The molecule has 0 aliphatic heterocycles. The Labute approximate surface area is 100 Å². The number of carbonyl (C=O) groups is 1. The molecule has 78 valence electrons. The van der Waals surface area contributed by atoms with Crippen molar-refractivity contribution in [3.05, 3.63) is 27.7 Å². The summed E-state index contributed by atoms with van der Waals surface area (Å²) < 4.78 is 5.82. The summed E-state index contributed by atoms with van der Waals surface area (Å²) in [6.45, 7) is 2.16. The summed E-state index contributed by atoms with van der Waals surface area (Å²) in [5, 5.41) is 0.994. The Morgan fingerprint density at radius 2 is 2.47 bits per heavy atom. The second-order valence-corrected chi connectivity index (χ2v) is 4.03. The zero-order valence-electron chi connectivity index (χ0n) is 8.08. The third-order valence-electron chi connectivity index (χ3n) is 2.02. The van der Waals surface area contributed by atoms with Crippen LogP contribution in [0.1, 0.15) is 17.4 Å². The lowest BCUT2D eigenvalue weighted by Crippen LogP contribution is -2.06. The Balaban J connectivity index is 2.53. The molecule has 0 spiro atoms. The number of halogens is 1. The van der Waals surface area contributed by atoms with Crippen LogP contribution >= 0.6 is 22.6 Å². The number of nitrogens with zero attached hydrogens (tertiary/aromatic N) is 1. The second kappa shape index (κ2) is 4.18. The minimum atomic E-state index is -0.321. The SMILES string of the molecule is CCOC(=O)c1[nH]c2cnccc2c1I. The highest BCUT2D eigenvalue weighted by atomic mass is 127. The monoisotopic (exact) mass is 316 g/mol. The van der Waals surface area contributed by atoms with E-state index in [1.807, 2.05) is 6.07 Å². The largest absolute Gasteiger partial charge is 0.461 e. The van der Waals surface area contributed by atoms with Gasteiger partial charge in [0.05, 0.1) is 21.9 Å². The molecular weight excluding hydrogens is 307 g/mol. The molecule has 2 heterocycles. The summed E-state index contributed by atoms with van der Waals surface area (Å²) in [7, 11) is 0. The number of rotatable bonds is 2. The van der Waals surface area contributed by atoms with E-state index in [0.29, 0.717) is 12.3 Å². The molecule has 0 unspecified atom stereocenters. The molecule has 0 amide bonds. The predicted octanol–water partition coefficient (Wildman–Crippen LogP) is 2.34. The predicted molar refractivity (Wildman–Crippen MR) is 64.8 cm³/mol. The fourth-order valence-electron chi connectivity index (χ4n) is 1.35. The van der Waals surface area contributed by atoms with Crippen molar-refractivity contribution in [3.8, 4) is 0 Å². The van der Waals surface area contributed by atoms with Crippen molar-refractivity contribution in [2.75, 3.05) is 6.61 Å². The van der Waals surface area contributed by atoms with Crippen molar-refractivity contribution < 1.29 is 9.53 Å². The van der Waals surface area contributed by atoms with Gasteiger partial charge in [-0.1, -0.05) is 0 Å². The minimum absolute atomic E-state index is 0.321. The average molecular weight is 316 g/mol. The molecule has 15 heavy (non-hydrogen) atoms. The van der Waals surface area contributed by atoms with E-state index >= 15 is 0 Å². The molecular formula is C10H9IN2O2. The van der Waals surface area contributed by atoms with Gasteiger partial charge in [0.1, 0.15) is 5.69 Å². The minimum Gasteiger partial charge on any atom is -0.461 e. The van der Waals surface area contributed by atoms with Gasteiger partial charge < -0.3 is 9.72 Å². The third-order valence-corrected chi connectivity index (χ3v) is 3.14. The molecule has 5 heteroatoms. The zero-order chi connectivity index (χ0) is 10.8. The van der Waals surface area contributed by atoms with E-state index in [9.17, 15) is 4.79 Å². The standard InChI is InChI=1S/C10H9IN2O2/c1-2-15-10(14)9-8(11)6-3-4-12-5-7(6)13-9/h3-5,13H,2H2,1H3. The molecule has 0 aliphatic carbocycles. The molecule has 2 aromatic rings. The molecule has 0 radical (unpaired) electrons. The lowest BCUT2D eigenvalue weighted by Gasteiger charge is -1.98. The van der Waals surface area contributed by atoms with E-state index < -0.39 is 0 Å². The molecule has 0 atom stereocenters. The van der Waals surface area contributed by atoms with Crippen molar-refractivity contribution in [3.63, 3.8) is 0 Å². The fraction of sp³-hybridized carbons (Fsp3) is 0.200. The number of fused-ring (bicyclic) bond motifs is 1. The lowest BCUT2D eigenvalue weighted by molar-refractivity contribution is 0.0519. The average Bonchev–Trinajstić information content (AvgIpc) is 2.57. The van der Waals surface area contributed by atoms with E-state index in [0.717, 1.165) is 14.5 Å². The topological polar surface area (TPSA) is 55.0 Å².